The Morgan fingerprint density at radius 2 is 2.25 bits per heavy atom. The topological polar surface area (TPSA) is 67.1 Å². The Labute approximate surface area is 122 Å². The number of fused-ring (bicyclic) bond motifs is 1. The van der Waals surface area contributed by atoms with Gasteiger partial charge in [0.25, 0.3) is 0 Å². The summed E-state index contributed by atoms with van der Waals surface area (Å²) in [4.78, 5) is 13.5. The van der Waals surface area contributed by atoms with Gasteiger partial charge in [-0.3, -0.25) is 0 Å². The molecule has 2 amide bonds. The summed E-state index contributed by atoms with van der Waals surface area (Å²) in [7, 11) is 0. The predicted molar refractivity (Wildman–Crippen MR) is 83.0 cm³/mol. The SMILES string of the molecule is Nc1cccc(NC(=O)NC2CCCc3sccc32)c1. The largest absolute Gasteiger partial charge is 0.399 e. The lowest BCUT2D eigenvalue weighted by atomic mass is 9.94. The van der Waals surface area contributed by atoms with E-state index in [0.717, 1.165) is 19.3 Å². The van der Waals surface area contributed by atoms with Crippen LogP contribution >= 0.6 is 11.3 Å². The summed E-state index contributed by atoms with van der Waals surface area (Å²) < 4.78 is 0. The Hall–Kier alpha value is -2.01. The molecule has 1 aliphatic rings. The fraction of sp³-hybridized carbons (Fsp3) is 0.267. The summed E-state index contributed by atoms with van der Waals surface area (Å²) >= 11 is 1.77. The summed E-state index contributed by atoms with van der Waals surface area (Å²) in [5, 5.41) is 7.97. The Morgan fingerprint density at radius 3 is 3.10 bits per heavy atom. The van der Waals surface area contributed by atoms with Crippen LogP contribution in [0.3, 0.4) is 0 Å². The van der Waals surface area contributed by atoms with Crippen LogP contribution in [0, 0.1) is 0 Å². The Kier molecular flexibility index (Phi) is 3.60. The third-order valence-electron chi connectivity index (χ3n) is 3.50. The molecule has 20 heavy (non-hydrogen) atoms. The van der Waals surface area contributed by atoms with Gasteiger partial charge < -0.3 is 16.4 Å². The number of anilines is 2. The molecule has 1 aromatic heterocycles. The van der Waals surface area contributed by atoms with Crippen molar-refractivity contribution in [2.24, 2.45) is 0 Å². The number of hydrogen-bond donors (Lipinski definition) is 3. The van der Waals surface area contributed by atoms with Gasteiger partial charge in [-0.25, -0.2) is 4.79 Å². The fourth-order valence-corrected chi connectivity index (χ4v) is 3.57. The van der Waals surface area contributed by atoms with Gasteiger partial charge in [0.05, 0.1) is 6.04 Å². The third kappa shape index (κ3) is 2.77. The lowest BCUT2D eigenvalue weighted by molar-refractivity contribution is 0.247. The Morgan fingerprint density at radius 1 is 1.35 bits per heavy atom. The van der Waals surface area contributed by atoms with E-state index < -0.39 is 0 Å². The van der Waals surface area contributed by atoms with Crippen LogP contribution in [0.25, 0.3) is 0 Å². The molecule has 0 saturated heterocycles. The van der Waals surface area contributed by atoms with Crippen LogP contribution in [0.1, 0.15) is 29.3 Å². The number of carbonyl (C=O) groups excluding carboxylic acids is 1. The quantitative estimate of drug-likeness (QED) is 0.740. The highest BCUT2D eigenvalue weighted by Crippen LogP contribution is 2.33. The van der Waals surface area contributed by atoms with Gasteiger partial charge in [0.2, 0.25) is 0 Å². The Balaban J connectivity index is 1.66. The molecule has 1 aliphatic carbocycles. The first kappa shape index (κ1) is 13.0. The number of hydrogen-bond acceptors (Lipinski definition) is 3. The summed E-state index contributed by atoms with van der Waals surface area (Å²) in [6.45, 7) is 0. The highest BCUT2D eigenvalue weighted by atomic mass is 32.1. The second-order valence-electron chi connectivity index (χ2n) is 4.97. The van der Waals surface area contributed by atoms with Crippen LogP contribution < -0.4 is 16.4 Å². The van der Waals surface area contributed by atoms with Crippen molar-refractivity contribution in [1.29, 1.82) is 0 Å². The number of carbonyl (C=O) groups is 1. The first-order valence-electron chi connectivity index (χ1n) is 6.72. The number of amides is 2. The van der Waals surface area contributed by atoms with E-state index in [2.05, 4.69) is 22.1 Å². The minimum absolute atomic E-state index is 0.117. The predicted octanol–water partition coefficient (Wildman–Crippen LogP) is 3.53. The summed E-state index contributed by atoms with van der Waals surface area (Å²) in [6.07, 6.45) is 3.24. The van der Waals surface area contributed by atoms with E-state index in [0.29, 0.717) is 11.4 Å². The van der Waals surface area contributed by atoms with Crippen molar-refractivity contribution in [2.45, 2.75) is 25.3 Å². The smallest absolute Gasteiger partial charge is 0.319 e. The van der Waals surface area contributed by atoms with Gasteiger partial charge in [0.15, 0.2) is 0 Å². The lowest BCUT2D eigenvalue weighted by Crippen LogP contribution is -2.33. The summed E-state index contributed by atoms with van der Waals surface area (Å²) in [6, 6.07) is 9.24. The molecule has 5 heteroatoms. The Bertz CT molecular complexity index is 623. The summed E-state index contributed by atoms with van der Waals surface area (Å²) in [5.74, 6) is 0. The van der Waals surface area contributed by atoms with Crippen molar-refractivity contribution in [3.8, 4) is 0 Å². The maximum absolute atomic E-state index is 12.1. The number of nitrogens with one attached hydrogen (secondary N) is 2. The molecule has 2 aromatic rings. The zero-order valence-electron chi connectivity index (χ0n) is 11.1. The highest BCUT2D eigenvalue weighted by Gasteiger charge is 2.22. The average molecular weight is 287 g/mol. The van der Waals surface area contributed by atoms with E-state index in [4.69, 9.17) is 5.73 Å². The van der Waals surface area contributed by atoms with E-state index in [9.17, 15) is 4.79 Å². The molecule has 104 valence electrons. The van der Waals surface area contributed by atoms with Crippen LogP contribution in [0.15, 0.2) is 35.7 Å². The molecular weight excluding hydrogens is 270 g/mol. The van der Waals surface area contributed by atoms with Gasteiger partial charge in [-0.1, -0.05) is 6.07 Å². The number of nitrogens with two attached hydrogens (primary N) is 1. The standard InChI is InChI=1S/C15H17N3OS/c16-10-3-1-4-11(9-10)17-15(19)18-13-5-2-6-14-12(13)7-8-20-14/h1,3-4,7-9,13H,2,5-6,16H2,(H2,17,18,19). The normalized spacial score (nSPS) is 17.3. The van der Waals surface area contributed by atoms with Crippen molar-refractivity contribution in [3.05, 3.63) is 46.2 Å². The van der Waals surface area contributed by atoms with Crippen LogP contribution in [-0.2, 0) is 6.42 Å². The van der Waals surface area contributed by atoms with Gasteiger partial charge >= 0.3 is 6.03 Å². The molecule has 1 unspecified atom stereocenters. The van der Waals surface area contributed by atoms with Crippen molar-refractivity contribution in [2.75, 3.05) is 11.1 Å². The third-order valence-corrected chi connectivity index (χ3v) is 4.50. The minimum Gasteiger partial charge on any atom is -0.399 e. The maximum atomic E-state index is 12.1. The molecule has 1 aromatic carbocycles. The molecule has 1 atom stereocenters. The molecule has 0 spiro atoms. The number of rotatable bonds is 2. The number of urea groups is 1. The molecule has 4 nitrogen and oxygen atoms in total. The number of thiophene rings is 1. The van der Waals surface area contributed by atoms with Gasteiger partial charge in [0.1, 0.15) is 0 Å². The van der Waals surface area contributed by atoms with Gasteiger partial charge in [-0.15, -0.1) is 11.3 Å². The van der Waals surface area contributed by atoms with Crippen molar-refractivity contribution in [3.63, 3.8) is 0 Å². The first-order valence-corrected chi connectivity index (χ1v) is 7.59. The maximum Gasteiger partial charge on any atom is 0.319 e. The monoisotopic (exact) mass is 287 g/mol. The van der Waals surface area contributed by atoms with Crippen molar-refractivity contribution in [1.82, 2.24) is 5.32 Å². The molecule has 0 fully saturated rings. The van der Waals surface area contributed by atoms with Crippen molar-refractivity contribution < 1.29 is 4.79 Å². The zero-order chi connectivity index (χ0) is 13.9. The molecule has 1 heterocycles. The van der Waals surface area contributed by atoms with Gasteiger partial charge in [-0.2, -0.15) is 0 Å². The fourth-order valence-electron chi connectivity index (χ4n) is 2.58. The van der Waals surface area contributed by atoms with E-state index >= 15 is 0 Å². The zero-order valence-corrected chi connectivity index (χ0v) is 11.9. The molecular formula is C15H17N3OS. The second-order valence-corrected chi connectivity index (χ2v) is 5.97. The lowest BCUT2D eigenvalue weighted by Gasteiger charge is -2.23. The molecule has 3 rings (SSSR count). The van der Waals surface area contributed by atoms with Crippen LogP contribution in [0.2, 0.25) is 0 Å². The van der Waals surface area contributed by atoms with Crippen LogP contribution in [0.5, 0.6) is 0 Å². The number of aryl methyl sites for hydroxylation is 1. The second kappa shape index (κ2) is 5.54. The minimum atomic E-state index is -0.181. The first-order chi connectivity index (χ1) is 9.72. The molecule has 0 saturated carbocycles. The molecule has 0 aliphatic heterocycles. The number of nitrogen functional groups attached to an aromatic ring is 1. The van der Waals surface area contributed by atoms with Crippen LogP contribution in [0.4, 0.5) is 16.2 Å². The highest BCUT2D eigenvalue weighted by molar-refractivity contribution is 7.10. The average Bonchev–Trinajstić information content (AvgIpc) is 2.88. The van der Waals surface area contributed by atoms with Gasteiger partial charge in [0, 0.05) is 16.3 Å². The molecule has 4 N–H and O–H groups in total. The van der Waals surface area contributed by atoms with E-state index in [1.807, 2.05) is 12.1 Å². The molecule has 0 bridgehead atoms. The molecule has 0 radical (unpaired) electrons. The number of benzene rings is 1. The van der Waals surface area contributed by atoms with E-state index in [-0.39, 0.29) is 12.1 Å². The van der Waals surface area contributed by atoms with Gasteiger partial charge in [-0.05, 0) is 54.5 Å². The van der Waals surface area contributed by atoms with Crippen molar-refractivity contribution >= 4 is 28.7 Å². The van der Waals surface area contributed by atoms with E-state index in [1.54, 1.807) is 23.5 Å². The van der Waals surface area contributed by atoms with E-state index in [1.165, 1.54) is 10.4 Å². The summed E-state index contributed by atoms with van der Waals surface area (Å²) in [5.41, 5.74) is 8.32. The van der Waals surface area contributed by atoms with Crippen LogP contribution in [-0.4, -0.2) is 6.03 Å².